The number of carbonyl (C=O) groups excluding carboxylic acids is 3. The highest BCUT2D eigenvalue weighted by Gasteiger charge is 2.21. The van der Waals surface area contributed by atoms with Gasteiger partial charge in [-0.1, -0.05) is 24.3 Å². The van der Waals surface area contributed by atoms with Crippen molar-refractivity contribution in [1.82, 2.24) is 3.71 Å². The van der Waals surface area contributed by atoms with Crippen LogP contribution in [0.3, 0.4) is 0 Å². The molecule has 0 aromatic heterocycles. The first-order valence-electron chi connectivity index (χ1n) is 7.28. The smallest absolute Gasteiger partial charge is 0.339 e. The zero-order valence-electron chi connectivity index (χ0n) is 14.0. The van der Waals surface area contributed by atoms with Gasteiger partial charge in [0.15, 0.2) is 0 Å². The minimum absolute atomic E-state index is 0.299. The van der Waals surface area contributed by atoms with Crippen molar-refractivity contribution in [3.05, 3.63) is 59.7 Å². The number of ether oxygens (including phenoxy) is 2. The molecule has 0 saturated carbocycles. The molecule has 136 valence electrons. The Kier molecular flexibility index (Phi) is 6.93. The Hall–Kier alpha value is -2.65. The zero-order chi connectivity index (χ0) is 19.1. The third-order valence-electron chi connectivity index (χ3n) is 3.13. The van der Waals surface area contributed by atoms with Crippen LogP contribution in [0.1, 0.15) is 20.7 Å². The molecule has 2 aromatic carbocycles. The van der Waals surface area contributed by atoms with Gasteiger partial charge in [-0.25, -0.2) is 14.4 Å². The number of hydrogen-bond acceptors (Lipinski definition) is 7. The van der Waals surface area contributed by atoms with Gasteiger partial charge in [-0.05, 0) is 24.3 Å². The Morgan fingerprint density at radius 1 is 0.808 bits per heavy atom. The minimum atomic E-state index is -0.751. The van der Waals surface area contributed by atoms with Crippen molar-refractivity contribution < 1.29 is 23.9 Å². The molecule has 9 heteroatoms. The Morgan fingerprint density at radius 3 is 1.54 bits per heavy atom. The van der Waals surface area contributed by atoms with E-state index in [9.17, 15) is 14.4 Å². The molecule has 0 fully saturated rings. The SMILES string of the molecule is COC(=O)c1ccccc1SN(Sc1ccccc1C(=O)OC)C(N)=O. The largest absolute Gasteiger partial charge is 0.465 e. The average Bonchev–Trinajstić information content (AvgIpc) is 2.67. The van der Waals surface area contributed by atoms with Crippen LogP contribution in [0, 0.1) is 0 Å². The van der Waals surface area contributed by atoms with Crippen LogP contribution in [0.15, 0.2) is 58.3 Å². The first kappa shape index (κ1) is 19.7. The number of nitrogens with two attached hydrogens (primary N) is 1. The van der Waals surface area contributed by atoms with Crippen molar-refractivity contribution in [1.29, 1.82) is 0 Å². The first-order chi connectivity index (χ1) is 12.5. The van der Waals surface area contributed by atoms with Crippen LogP contribution in [-0.4, -0.2) is 35.9 Å². The number of carbonyl (C=O) groups is 3. The summed E-state index contributed by atoms with van der Waals surface area (Å²) in [6.07, 6.45) is 0. The standard InChI is InChI=1S/C17H16N2O5S2/c1-23-15(20)11-7-3-5-9-13(11)25-19(17(18)22)26-14-10-6-4-8-12(14)16(21)24-2/h3-10H,1-2H3,(H2,18,22). The summed E-state index contributed by atoms with van der Waals surface area (Å²) in [5.74, 6) is -1.06. The maximum Gasteiger partial charge on any atom is 0.339 e. The fraction of sp³-hybridized carbons (Fsp3) is 0.118. The maximum atomic E-state index is 11.9. The van der Waals surface area contributed by atoms with Gasteiger partial charge in [0.05, 0.1) is 25.3 Å². The molecule has 0 spiro atoms. The Morgan fingerprint density at radius 2 is 1.19 bits per heavy atom. The summed E-state index contributed by atoms with van der Waals surface area (Å²) in [6.45, 7) is 0. The fourth-order valence-electron chi connectivity index (χ4n) is 1.94. The molecule has 0 bridgehead atoms. The molecule has 0 aliphatic rings. The van der Waals surface area contributed by atoms with E-state index < -0.39 is 18.0 Å². The highest BCUT2D eigenvalue weighted by Crippen LogP contribution is 2.36. The molecule has 0 unspecified atom stereocenters. The Balaban J connectivity index is 2.32. The Labute approximate surface area is 159 Å². The van der Waals surface area contributed by atoms with E-state index in [1.165, 1.54) is 17.9 Å². The Bertz CT molecular complexity index is 767. The number of urea groups is 1. The summed E-state index contributed by atoms with van der Waals surface area (Å²) >= 11 is 1.92. The van der Waals surface area contributed by atoms with Gasteiger partial charge in [-0.3, -0.25) is 0 Å². The number of rotatable bonds is 6. The van der Waals surface area contributed by atoms with E-state index >= 15 is 0 Å². The number of hydrogen-bond donors (Lipinski definition) is 1. The molecule has 2 aromatic rings. The van der Waals surface area contributed by atoms with Crippen molar-refractivity contribution >= 4 is 41.9 Å². The second-order valence-corrected chi connectivity index (χ2v) is 6.96. The van der Waals surface area contributed by atoms with Crippen LogP contribution in [0.4, 0.5) is 4.79 Å². The van der Waals surface area contributed by atoms with Crippen molar-refractivity contribution in [2.75, 3.05) is 14.2 Å². The predicted octanol–water partition coefficient (Wildman–Crippen LogP) is 3.35. The van der Waals surface area contributed by atoms with Crippen molar-refractivity contribution in [3.63, 3.8) is 0 Å². The van der Waals surface area contributed by atoms with Gasteiger partial charge >= 0.3 is 18.0 Å². The molecule has 0 aliphatic heterocycles. The molecule has 26 heavy (non-hydrogen) atoms. The first-order valence-corrected chi connectivity index (χ1v) is 8.82. The molecule has 0 heterocycles. The van der Waals surface area contributed by atoms with Gasteiger partial charge in [0.25, 0.3) is 0 Å². The van der Waals surface area contributed by atoms with Crippen molar-refractivity contribution in [3.8, 4) is 0 Å². The van der Waals surface area contributed by atoms with E-state index in [1.54, 1.807) is 48.5 Å². The fourth-order valence-corrected chi connectivity index (χ4v) is 3.88. The molecule has 0 saturated heterocycles. The summed E-state index contributed by atoms with van der Waals surface area (Å²) < 4.78 is 10.7. The second-order valence-electron chi connectivity index (χ2n) is 4.75. The number of amides is 2. The summed E-state index contributed by atoms with van der Waals surface area (Å²) in [5.41, 5.74) is 6.06. The van der Waals surface area contributed by atoms with E-state index in [0.717, 1.165) is 23.9 Å². The summed E-state index contributed by atoms with van der Waals surface area (Å²) in [4.78, 5) is 36.6. The highest BCUT2D eigenvalue weighted by atomic mass is 32.2. The second kappa shape index (κ2) is 9.16. The predicted molar refractivity (Wildman–Crippen MR) is 98.7 cm³/mol. The molecular weight excluding hydrogens is 376 g/mol. The number of primary amides is 1. The molecule has 2 N–H and O–H groups in total. The maximum absolute atomic E-state index is 11.9. The number of esters is 2. The molecule has 0 aliphatic carbocycles. The molecular formula is C17H16N2O5S2. The lowest BCUT2D eigenvalue weighted by Gasteiger charge is -2.19. The van der Waals surface area contributed by atoms with Gasteiger partial charge in [0.1, 0.15) is 0 Å². The van der Waals surface area contributed by atoms with Gasteiger partial charge in [0.2, 0.25) is 0 Å². The monoisotopic (exact) mass is 392 g/mol. The molecule has 0 atom stereocenters. The summed E-state index contributed by atoms with van der Waals surface area (Å²) in [7, 11) is 2.55. The van der Waals surface area contributed by atoms with Crippen LogP contribution in [0.2, 0.25) is 0 Å². The van der Waals surface area contributed by atoms with Crippen molar-refractivity contribution in [2.24, 2.45) is 5.73 Å². The topological polar surface area (TPSA) is 98.9 Å². The third kappa shape index (κ3) is 4.70. The van der Waals surface area contributed by atoms with E-state index in [1.807, 2.05) is 0 Å². The lowest BCUT2D eigenvalue weighted by Crippen LogP contribution is -2.24. The van der Waals surface area contributed by atoms with E-state index in [0.29, 0.717) is 20.9 Å². The summed E-state index contributed by atoms with van der Waals surface area (Å²) in [5, 5.41) is 0. The van der Waals surface area contributed by atoms with E-state index in [4.69, 9.17) is 15.2 Å². The molecule has 7 nitrogen and oxygen atoms in total. The van der Waals surface area contributed by atoms with E-state index in [-0.39, 0.29) is 0 Å². The van der Waals surface area contributed by atoms with E-state index in [2.05, 4.69) is 0 Å². The lowest BCUT2D eigenvalue weighted by atomic mass is 10.2. The van der Waals surface area contributed by atoms with Crippen molar-refractivity contribution in [2.45, 2.75) is 9.79 Å². The van der Waals surface area contributed by atoms with Crippen LogP contribution >= 0.6 is 23.9 Å². The van der Waals surface area contributed by atoms with Gasteiger partial charge < -0.3 is 15.2 Å². The lowest BCUT2D eigenvalue weighted by molar-refractivity contribution is 0.0588. The quantitative estimate of drug-likeness (QED) is 0.594. The number of methoxy groups -OCH3 is 2. The normalized spacial score (nSPS) is 10.1. The van der Waals surface area contributed by atoms with Gasteiger partial charge in [0, 0.05) is 33.7 Å². The minimum Gasteiger partial charge on any atom is -0.465 e. The van der Waals surface area contributed by atoms with Gasteiger partial charge in [-0.15, -0.1) is 0 Å². The zero-order valence-corrected chi connectivity index (χ0v) is 15.6. The molecule has 2 rings (SSSR count). The molecule has 0 radical (unpaired) electrons. The van der Waals surface area contributed by atoms with Crippen LogP contribution in [0.25, 0.3) is 0 Å². The van der Waals surface area contributed by atoms with Crippen LogP contribution in [-0.2, 0) is 9.47 Å². The number of benzene rings is 2. The highest BCUT2D eigenvalue weighted by molar-refractivity contribution is 8.12. The van der Waals surface area contributed by atoms with Crippen LogP contribution < -0.4 is 5.73 Å². The summed E-state index contributed by atoms with van der Waals surface area (Å²) in [6, 6.07) is 12.6. The number of nitrogens with zero attached hydrogens (tertiary/aromatic N) is 1. The average molecular weight is 392 g/mol. The molecule has 2 amide bonds. The van der Waals surface area contributed by atoms with Gasteiger partial charge in [-0.2, -0.15) is 3.71 Å². The van der Waals surface area contributed by atoms with Crippen LogP contribution in [0.5, 0.6) is 0 Å². The third-order valence-corrected chi connectivity index (χ3v) is 5.37.